The van der Waals surface area contributed by atoms with Crippen molar-refractivity contribution in [2.75, 3.05) is 25.0 Å². The van der Waals surface area contributed by atoms with Gasteiger partial charge in [-0.25, -0.2) is 0 Å². The maximum absolute atomic E-state index is 12.2. The molecule has 2 N–H and O–H groups in total. The molecule has 2 amide bonds. The number of carbonyl (C=O) groups excluding carboxylic acids is 2. The number of aromatic nitrogens is 2. The highest BCUT2D eigenvalue weighted by molar-refractivity contribution is 6.39. The van der Waals surface area contributed by atoms with Gasteiger partial charge in [0.1, 0.15) is 0 Å². The molecule has 2 aliphatic heterocycles. The van der Waals surface area contributed by atoms with E-state index in [9.17, 15) is 9.59 Å². The third-order valence-corrected chi connectivity index (χ3v) is 5.71. The summed E-state index contributed by atoms with van der Waals surface area (Å²) < 4.78 is 1.70. The molecule has 3 heterocycles. The van der Waals surface area contributed by atoms with Crippen LogP contribution in [0.4, 0.5) is 5.69 Å². The van der Waals surface area contributed by atoms with Crippen molar-refractivity contribution < 1.29 is 9.59 Å². The van der Waals surface area contributed by atoms with Gasteiger partial charge in [0.25, 0.3) is 0 Å². The molecule has 138 valence electrons. The molecule has 1 aromatic heterocycles. The van der Waals surface area contributed by atoms with Crippen LogP contribution in [0.1, 0.15) is 43.5 Å². The summed E-state index contributed by atoms with van der Waals surface area (Å²) in [5.74, 6) is -0.723. The van der Waals surface area contributed by atoms with Crippen molar-refractivity contribution in [3.63, 3.8) is 0 Å². The molecule has 7 heteroatoms. The Labute approximate surface area is 149 Å². The lowest BCUT2D eigenvalue weighted by Gasteiger charge is -2.44. The van der Waals surface area contributed by atoms with E-state index in [2.05, 4.69) is 20.6 Å². The van der Waals surface area contributed by atoms with E-state index in [1.165, 1.54) is 38.8 Å². The van der Waals surface area contributed by atoms with Gasteiger partial charge in [-0.2, -0.15) is 5.10 Å². The Bertz CT molecular complexity index is 652. The molecule has 0 aliphatic carbocycles. The summed E-state index contributed by atoms with van der Waals surface area (Å²) in [7, 11) is 1.82. The van der Waals surface area contributed by atoms with Crippen molar-refractivity contribution in [2.45, 2.75) is 52.0 Å². The van der Waals surface area contributed by atoms with Crippen LogP contribution in [0.5, 0.6) is 0 Å². The predicted octanol–water partition coefficient (Wildman–Crippen LogP) is 1.36. The third kappa shape index (κ3) is 3.86. The van der Waals surface area contributed by atoms with E-state index in [4.69, 9.17) is 0 Å². The molecular formula is C18H29N5O2. The summed E-state index contributed by atoms with van der Waals surface area (Å²) >= 11 is 0. The van der Waals surface area contributed by atoms with E-state index in [0.29, 0.717) is 29.9 Å². The van der Waals surface area contributed by atoms with E-state index < -0.39 is 11.8 Å². The summed E-state index contributed by atoms with van der Waals surface area (Å²) in [5.41, 5.74) is 2.17. The molecule has 2 fully saturated rings. The second kappa shape index (κ2) is 7.56. The highest BCUT2D eigenvalue weighted by Gasteiger charge is 2.33. The second-order valence-corrected chi connectivity index (χ2v) is 7.33. The molecule has 0 bridgehead atoms. The van der Waals surface area contributed by atoms with Gasteiger partial charge >= 0.3 is 11.8 Å². The van der Waals surface area contributed by atoms with Crippen molar-refractivity contribution in [1.82, 2.24) is 20.0 Å². The van der Waals surface area contributed by atoms with Crippen LogP contribution in [-0.2, 0) is 16.6 Å². The number of nitrogens with zero attached hydrogens (tertiary/aromatic N) is 3. The third-order valence-electron chi connectivity index (χ3n) is 5.71. The molecule has 7 nitrogen and oxygen atoms in total. The number of carbonyl (C=O) groups is 2. The Balaban J connectivity index is 1.54. The van der Waals surface area contributed by atoms with Gasteiger partial charge in [0.15, 0.2) is 0 Å². The summed E-state index contributed by atoms with van der Waals surface area (Å²) in [6.07, 6.45) is 6.06. The van der Waals surface area contributed by atoms with Crippen molar-refractivity contribution in [3.8, 4) is 0 Å². The van der Waals surface area contributed by atoms with Gasteiger partial charge in [-0.1, -0.05) is 6.42 Å². The van der Waals surface area contributed by atoms with Gasteiger partial charge in [-0.05, 0) is 58.5 Å². The van der Waals surface area contributed by atoms with Crippen molar-refractivity contribution in [3.05, 3.63) is 11.4 Å². The molecule has 0 spiro atoms. The predicted molar refractivity (Wildman–Crippen MR) is 96.3 cm³/mol. The number of hydrogen-bond donors (Lipinski definition) is 2. The lowest BCUT2D eigenvalue weighted by atomic mass is 9.83. The second-order valence-electron chi connectivity index (χ2n) is 7.33. The topological polar surface area (TPSA) is 79.3 Å². The zero-order valence-electron chi connectivity index (χ0n) is 15.5. The maximum Gasteiger partial charge on any atom is 0.313 e. The number of amides is 2. The fourth-order valence-corrected chi connectivity index (χ4v) is 4.24. The molecule has 1 aromatic rings. The Hall–Kier alpha value is -1.89. The quantitative estimate of drug-likeness (QED) is 0.809. The van der Waals surface area contributed by atoms with Crippen LogP contribution in [0.3, 0.4) is 0 Å². The van der Waals surface area contributed by atoms with Crippen LogP contribution in [-0.4, -0.2) is 52.2 Å². The molecule has 2 saturated heterocycles. The number of anilines is 1. The minimum Gasteiger partial charge on any atom is -0.347 e. The van der Waals surface area contributed by atoms with Crippen LogP contribution < -0.4 is 10.6 Å². The number of nitrogens with one attached hydrogen (secondary N) is 2. The van der Waals surface area contributed by atoms with Gasteiger partial charge in [-0.3, -0.25) is 14.3 Å². The number of fused-ring (bicyclic) bond motifs is 1. The molecule has 2 atom stereocenters. The molecule has 25 heavy (non-hydrogen) atoms. The minimum atomic E-state index is -0.615. The van der Waals surface area contributed by atoms with Gasteiger partial charge in [-0.15, -0.1) is 0 Å². The van der Waals surface area contributed by atoms with Crippen LogP contribution in [0.25, 0.3) is 0 Å². The highest BCUT2D eigenvalue weighted by Crippen LogP contribution is 2.30. The highest BCUT2D eigenvalue weighted by atomic mass is 16.2. The van der Waals surface area contributed by atoms with E-state index in [1.807, 2.05) is 20.9 Å². The average Bonchev–Trinajstić information content (AvgIpc) is 2.85. The lowest BCUT2D eigenvalue weighted by molar-refractivity contribution is -0.136. The van der Waals surface area contributed by atoms with Crippen LogP contribution in [0.15, 0.2) is 0 Å². The van der Waals surface area contributed by atoms with E-state index in [-0.39, 0.29) is 0 Å². The Morgan fingerprint density at radius 1 is 1.12 bits per heavy atom. The van der Waals surface area contributed by atoms with Gasteiger partial charge in [0.2, 0.25) is 0 Å². The largest absolute Gasteiger partial charge is 0.347 e. The Morgan fingerprint density at radius 2 is 1.88 bits per heavy atom. The summed E-state index contributed by atoms with van der Waals surface area (Å²) in [6, 6.07) is 0.564. The number of rotatable bonds is 3. The zero-order valence-corrected chi connectivity index (χ0v) is 15.5. The van der Waals surface area contributed by atoms with Gasteiger partial charge in [0.05, 0.1) is 17.1 Å². The van der Waals surface area contributed by atoms with Crippen molar-refractivity contribution in [1.29, 1.82) is 0 Å². The lowest BCUT2D eigenvalue weighted by Crippen LogP contribution is -2.51. The Morgan fingerprint density at radius 3 is 2.60 bits per heavy atom. The Kier molecular flexibility index (Phi) is 5.42. The minimum absolute atomic E-state index is 0.452. The average molecular weight is 347 g/mol. The molecule has 0 radical (unpaired) electrons. The molecular weight excluding hydrogens is 318 g/mol. The molecule has 0 unspecified atom stereocenters. The van der Waals surface area contributed by atoms with E-state index >= 15 is 0 Å². The molecule has 0 aromatic carbocycles. The van der Waals surface area contributed by atoms with Crippen LogP contribution in [0.2, 0.25) is 0 Å². The normalized spacial score (nSPS) is 23.8. The fraction of sp³-hybridized carbons (Fsp3) is 0.722. The SMILES string of the molecule is Cc1nn(C)c(C)c1NC(=O)C(=O)NC[C@@H]1CCCN2CCCC[C@H]12. The first-order chi connectivity index (χ1) is 12.0. The van der Waals surface area contributed by atoms with E-state index in [1.54, 1.807) is 4.68 Å². The maximum atomic E-state index is 12.2. The van der Waals surface area contributed by atoms with Crippen molar-refractivity contribution >= 4 is 17.5 Å². The zero-order chi connectivity index (χ0) is 18.0. The standard InChI is InChI=1S/C18H29N5O2/c1-12-16(13(2)22(3)21-12)20-18(25)17(24)19-11-14-7-6-10-23-9-5-4-8-15(14)23/h14-15H,4-11H2,1-3H3,(H,19,24)(H,20,25)/t14-,15+/m0/s1. The smallest absolute Gasteiger partial charge is 0.313 e. The summed E-state index contributed by atoms with van der Waals surface area (Å²) in [6.45, 7) is 6.62. The molecule has 2 aliphatic rings. The fourth-order valence-electron chi connectivity index (χ4n) is 4.24. The number of hydrogen-bond acceptors (Lipinski definition) is 4. The van der Waals surface area contributed by atoms with Gasteiger partial charge in [0, 0.05) is 19.6 Å². The van der Waals surface area contributed by atoms with Crippen LogP contribution in [0, 0.1) is 19.8 Å². The van der Waals surface area contributed by atoms with Crippen molar-refractivity contribution in [2.24, 2.45) is 13.0 Å². The van der Waals surface area contributed by atoms with Crippen LogP contribution >= 0.6 is 0 Å². The first kappa shape index (κ1) is 17.9. The molecule has 3 rings (SSSR count). The first-order valence-electron chi connectivity index (χ1n) is 9.30. The first-order valence-corrected chi connectivity index (χ1v) is 9.30. The van der Waals surface area contributed by atoms with Gasteiger partial charge < -0.3 is 15.5 Å². The van der Waals surface area contributed by atoms with E-state index in [0.717, 1.165) is 12.1 Å². The summed E-state index contributed by atoms with van der Waals surface area (Å²) in [5, 5.41) is 9.80. The summed E-state index contributed by atoms with van der Waals surface area (Å²) in [4.78, 5) is 27.0. The number of aryl methyl sites for hydroxylation is 2. The number of piperidine rings is 2. The monoisotopic (exact) mass is 347 g/mol. The molecule has 0 saturated carbocycles.